The van der Waals surface area contributed by atoms with E-state index in [0.717, 1.165) is 16.7 Å². The van der Waals surface area contributed by atoms with Crippen LogP contribution in [0.5, 0.6) is 0 Å². The van der Waals surface area contributed by atoms with E-state index in [4.69, 9.17) is 10.7 Å². The topological polar surface area (TPSA) is 64.8 Å². The molecule has 1 aromatic heterocycles. The molecule has 7 heteroatoms. The molecule has 0 aliphatic heterocycles. The van der Waals surface area contributed by atoms with Gasteiger partial charge in [0.25, 0.3) is 14.2 Å². The number of halogens is 1. The Morgan fingerprint density at radius 2 is 1.80 bits per heavy atom. The van der Waals surface area contributed by atoms with E-state index in [9.17, 15) is 8.42 Å². The molecule has 0 unspecified atom stereocenters. The monoisotopic (exact) mass is 313 g/mol. The van der Waals surface area contributed by atoms with Crippen LogP contribution in [0.25, 0.3) is 11.4 Å². The van der Waals surface area contributed by atoms with Crippen LogP contribution in [0.1, 0.15) is 31.0 Å². The van der Waals surface area contributed by atoms with E-state index in [2.05, 4.69) is 10.2 Å². The molecule has 0 atom stereocenters. The van der Waals surface area contributed by atoms with Gasteiger partial charge in [-0.1, -0.05) is 12.1 Å². The summed E-state index contributed by atoms with van der Waals surface area (Å²) in [5.41, 5.74) is 3.09. The Morgan fingerprint density at radius 3 is 2.30 bits per heavy atom. The number of aromatic nitrogens is 3. The Balaban J connectivity index is 2.69. The Morgan fingerprint density at radius 1 is 1.15 bits per heavy atom. The second kappa shape index (κ2) is 5.18. The van der Waals surface area contributed by atoms with Crippen molar-refractivity contribution < 1.29 is 8.42 Å². The summed E-state index contributed by atoms with van der Waals surface area (Å²) in [6.07, 6.45) is 0. The van der Waals surface area contributed by atoms with Crippen molar-refractivity contribution in [2.24, 2.45) is 0 Å². The van der Waals surface area contributed by atoms with Crippen molar-refractivity contribution in [2.75, 3.05) is 0 Å². The van der Waals surface area contributed by atoms with Crippen LogP contribution in [-0.2, 0) is 9.05 Å². The Bertz CT molecular complexity index is 751. The van der Waals surface area contributed by atoms with E-state index in [-0.39, 0.29) is 11.2 Å². The van der Waals surface area contributed by atoms with Crippen LogP contribution in [0.4, 0.5) is 0 Å². The lowest BCUT2D eigenvalue weighted by atomic mass is 10.1. The SMILES string of the molecule is Cc1ccc(-c2nnc(S(=O)(=O)Cl)n2C(C)C)cc1C. The lowest BCUT2D eigenvalue weighted by molar-refractivity contribution is 0.530. The summed E-state index contributed by atoms with van der Waals surface area (Å²) in [4.78, 5) is 0. The molecule has 108 valence electrons. The Labute approximate surface area is 123 Å². The van der Waals surface area contributed by atoms with Crippen molar-refractivity contribution in [1.82, 2.24) is 14.8 Å². The summed E-state index contributed by atoms with van der Waals surface area (Å²) in [5.74, 6) is 0.502. The third-order valence-electron chi connectivity index (χ3n) is 3.16. The van der Waals surface area contributed by atoms with Crippen LogP contribution in [-0.4, -0.2) is 23.2 Å². The van der Waals surface area contributed by atoms with Crippen LogP contribution in [0, 0.1) is 13.8 Å². The van der Waals surface area contributed by atoms with E-state index in [0.29, 0.717) is 5.82 Å². The molecule has 5 nitrogen and oxygen atoms in total. The first-order valence-corrected chi connectivity index (χ1v) is 8.50. The van der Waals surface area contributed by atoms with Crippen LogP contribution >= 0.6 is 10.7 Å². The largest absolute Gasteiger partial charge is 0.296 e. The summed E-state index contributed by atoms with van der Waals surface area (Å²) in [6, 6.07) is 5.71. The van der Waals surface area contributed by atoms with Crippen molar-refractivity contribution in [3.63, 3.8) is 0 Å². The highest BCUT2D eigenvalue weighted by molar-refractivity contribution is 8.13. The average Bonchev–Trinajstić information content (AvgIpc) is 2.77. The molecular formula is C13H16ClN3O2S. The van der Waals surface area contributed by atoms with E-state index in [1.807, 2.05) is 45.9 Å². The Kier molecular flexibility index (Phi) is 3.88. The van der Waals surface area contributed by atoms with Gasteiger partial charge in [0.05, 0.1) is 0 Å². The molecule has 0 fully saturated rings. The molecule has 20 heavy (non-hydrogen) atoms. The molecule has 0 N–H and O–H groups in total. The van der Waals surface area contributed by atoms with Crippen LogP contribution in [0.15, 0.2) is 23.4 Å². The summed E-state index contributed by atoms with van der Waals surface area (Å²) in [7, 11) is 1.49. The minimum Gasteiger partial charge on any atom is -0.294 e. The summed E-state index contributed by atoms with van der Waals surface area (Å²) in [6.45, 7) is 7.73. The zero-order valence-corrected chi connectivity index (χ0v) is 13.3. The first-order chi connectivity index (χ1) is 9.21. The maximum absolute atomic E-state index is 11.6. The number of aryl methyl sites for hydroxylation is 2. The fourth-order valence-corrected chi connectivity index (χ4v) is 2.97. The molecule has 1 heterocycles. The fourth-order valence-electron chi connectivity index (χ4n) is 1.99. The zero-order valence-electron chi connectivity index (χ0n) is 11.8. The van der Waals surface area contributed by atoms with Gasteiger partial charge in [0.1, 0.15) is 0 Å². The van der Waals surface area contributed by atoms with Gasteiger partial charge in [-0.2, -0.15) is 0 Å². The number of nitrogens with zero attached hydrogens (tertiary/aromatic N) is 3. The smallest absolute Gasteiger partial charge is 0.294 e. The maximum Gasteiger partial charge on any atom is 0.296 e. The molecule has 0 saturated carbocycles. The van der Waals surface area contributed by atoms with Crippen molar-refractivity contribution in [2.45, 2.75) is 38.9 Å². The molecule has 0 saturated heterocycles. The minimum atomic E-state index is -3.92. The standard InChI is InChI=1S/C13H16ClN3O2S/c1-8(2)17-12(15-16-13(17)20(14,18)19)11-6-5-9(3)10(4)7-11/h5-8H,1-4H3. The van der Waals surface area contributed by atoms with Crippen molar-refractivity contribution >= 4 is 19.7 Å². The van der Waals surface area contributed by atoms with Crippen LogP contribution in [0.2, 0.25) is 0 Å². The van der Waals surface area contributed by atoms with Gasteiger partial charge in [-0.15, -0.1) is 10.2 Å². The first-order valence-electron chi connectivity index (χ1n) is 6.19. The van der Waals surface area contributed by atoms with Crippen LogP contribution < -0.4 is 0 Å². The predicted octanol–water partition coefficient (Wildman–Crippen LogP) is 3.07. The zero-order chi connectivity index (χ0) is 15.1. The van der Waals surface area contributed by atoms with Crippen molar-refractivity contribution in [3.8, 4) is 11.4 Å². The lowest BCUT2D eigenvalue weighted by Gasteiger charge is -2.13. The van der Waals surface area contributed by atoms with E-state index >= 15 is 0 Å². The number of rotatable bonds is 3. The quantitative estimate of drug-likeness (QED) is 0.817. The van der Waals surface area contributed by atoms with E-state index < -0.39 is 9.05 Å². The third kappa shape index (κ3) is 2.71. The minimum absolute atomic E-state index is 0.120. The van der Waals surface area contributed by atoms with Gasteiger partial charge in [0, 0.05) is 22.3 Å². The summed E-state index contributed by atoms with van der Waals surface area (Å²) >= 11 is 0. The van der Waals surface area contributed by atoms with Crippen LogP contribution in [0.3, 0.4) is 0 Å². The molecule has 0 amide bonds. The van der Waals surface area contributed by atoms with Crippen molar-refractivity contribution in [3.05, 3.63) is 29.3 Å². The lowest BCUT2D eigenvalue weighted by Crippen LogP contribution is -2.10. The number of hydrogen-bond acceptors (Lipinski definition) is 4. The second-order valence-electron chi connectivity index (χ2n) is 5.01. The van der Waals surface area contributed by atoms with Gasteiger partial charge in [-0.25, -0.2) is 8.42 Å². The highest BCUT2D eigenvalue weighted by Crippen LogP contribution is 2.27. The molecule has 1 aromatic carbocycles. The van der Waals surface area contributed by atoms with Gasteiger partial charge < -0.3 is 0 Å². The van der Waals surface area contributed by atoms with Gasteiger partial charge in [0.2, 0.25) is 0 Å². The van der Waals surface area contributed by atoms with Gasteiger partial charge in [-0.05, 0) is 44.9 Å². The van der Waals surface area contributed by atoms with Gasteiger partial charge in [-0.3, -0.25) is 4.57 Å². The number of benzene rings is 1. The summed E-state index contributed by atoms with van der Waals surface area (Å²) < 4.78 is 24.7. The molecular weight excluding hydrogens is 298 g/mol. The number of hydrogen-bond donors (Lipinski definition) is 0. The van der Waals surface area contributed by atoms with E-state index in [1.165, 1.54) is 4.57 Å². The molecule has 0 bridgehead atoms. The Hall–Kier alpha value is -1.40. The predicted molar refractivity (Wildman–Crippen MR) is 78.4 cm³/mol. The molecule has 0 radical (unpaired) electrons. The third-order valence-corrected chi connectivity index (χ3v) is 4.29. The maximum atomic E-state index is 11.6. The summed E-state index contributed by atoms with van der Waals surface area (Å²) in [5, 5.41) is 7.50. The molecule has 0 aliphatic rings. The highest BCUT2D eigenvalue weighted by Gasteiger charge is 2.25. The molecule has 2 aromatic rings. The second-order valence-corrected chi connectivity index (χ2v) is 7.47. The van der Waals surface area contributed by atoms with Gasteiger partial charge >= 0.3 is 0 Å². The molecule has 0 aliphatic carbocycles. The molecule has 2 rings (SSSR count). The fraction of sp³-hybridized carbons (Fsp3) is 0.385. The van der Waals surface area contributed by atoms with Crippen molar-refractivity contribution in [1.29, 1.82) is 0 Å². The normalized spacial score (nSPS) is 12.1. The highest BCUT2D eigenvalue weighted by atomic mass is 35.7. The van der Waals surface area contributed by atoms with Gasteiger partial charge in [0.15, 0.2) is 5.82 Å². The first kappa shape index (κ1) is 15.0. The average molecular weight is 314 g/mol. The molecule has 0 spiro atoms. The van der Waals surface area contributed by atoms with E-state index in [1.54, 1.807) is 0 Å².